The third kappa shape index (κ3) is 5.77. The third-order valence-corrected chi connectivity index (χ3v) is 6.75. The van der Waals surface area contributed by atoms with Gasteiger partial charge in [0.25, 0.3) is 0 Å². The Labute approximate surface area is 166 Å². The zero-order valence-corrected chi connectivity index (χ0v) is 17.3. The smallest absolute Gasteiger partial charge is 0.357 e. The molecule has 5 nitrogen and oxygen atoms in total. The number of amides is 1. The van der Waals surface area contributed by atoms with Crippen molar-refractivity contribution < 1.29 is 14.3 Å². The van der Waals surface area contributed by atoms with Gasteiger partial charge in [0.05, 0.1) is 13.2 Å². The van der Waals surface area contributed by atoms with Crippen molar-refractivity contribution in [1.82, 2.24) is 9.88 Å². The van der Waals surface area contributed by atoms with E-state index in [0.29, 0.717) is 31.3 Å². The highest BCUT2D eigenvalue weighted by atomic mass is 32.1. The van der Waals surface area contributed by atoms with Crippen LogP contribution in [0.3, 0.4) is 0 Å². The molecule has 2 aliphatic rings. The predicted octanol–water partition coefficient (Wildman–Crippen LogP) is 4.95. The molecule has 27 heavy (non-hydrogen) atoms. The molecule has 0 radical (unpaired) electrons. The van der Waals surface area contributed by atoms with Gasteiger partial charge in [-0.25, -0.2) is 9.78 Å². The van der Waals surface area contributed by atoms with E-state index in [1.807, 2.05) is 0 Å². The Morgan fingerprint density at radius 1 is 1.15 bits per heavy atom. The number of rotatable bonds is 8. The predicted molar refractivity (Wildman–Crippen MR) is 107 cm³/mol. The van der Waals surface area contributed by atoms with E-state index in [9.17, 15) is 9.59 Å². The molecule has 0 aromatic carbocycles. The number of ether oxygens (including phenoxy) is 1. The van der Waals surface area contributed by atoms with Gasteiger partial charge in [-0.3, -0.25) is 4.79 Å². The molecule has 1 aromatic heterocycles. The fourth-order valence-electron chi connectivity index (χ4n) is 4.41. The fraction of sp³-hybridized carbons (Fsp3) is 0.762. The van der Waals surface area contributed by atoms with E-state index < -0.39 is 0 Å². The van der Waals surface area contributed by atoms with Gasteiger partial charge in [-0.15, -0.1) is 11.3 Å². The maximum Gasteiger partial charge on any atom is 0.357 e. The molecule has 6 heteroatoms. The molecular weight excluding hydrogens is 360 g/mol. The van der Waals surface area contributed by atoms with Crippen molar-refractivity contribution in [2.24, 2.45) is 5.92 Å². The second kappa shape index (κ2) is 10.2. The summed E-state index contributed by atoms with van der Waals surface area (Å²) in [5, 5.41) is 2.58. The maximum absolute atomic E-state index is 13.1. The number of carbonyl (C=O) groups is 2. The molecule has 0 aliphatic heterocycles. The summed E-state index contributed by atoms with van der Waals surface area (Å²) in [6.07, 6.45) is 12.7. The van der Waals surface area contributed by atoms with Gasteiger partial charge in [-0.05, 0) is 32.1 Å². The summed E-state index contributed by atoms with van der Waals surface area (Å²) >= 11 is 1.45. The van der Waals surface area contributed by atoms with E-state index in [0.717, 1.165) is 30.2 Å². The molecule has 3 rings (SSSR count). The number of hydrogen-bond acceptors (Lipinski definition) is 5. The first-order valence-corrected chi connectivity index (χ1v) is 11.5. The van der Waals surface area contributed by atoms with Crippen molar-refractivity contribution in [3.05, 3.63) is 16.1 Å². The van der Waals surface area contributed by atoms with Gasteiger partial charge in [-0.1, -0.05) is 44.9 Å². The summed E-state index contributed by atoms with van der Waals surface area (Å²) in [4.78, 5) is 31.4. The standard InChI is InChI=1S/C21H32N2O3S/c1-2-26-21(25)18-15-27-19(22-18)14-23(17-10-4-3-5-11-17)20(24)13-12-16-8-6-7-9-16/h15-17H,2-14H2,1H3. The van der Waals surface area contributed by atoms with Crippen LogP contribution in [0.5, 0.6) is 0 Å². The van der Waals surface area contributed by atoms with Gasteiger partial charge in [0.15, 0.2) is 5.69 Å². The van der Waals surface area contributed by atoms with E-state index in [1.54, 1.807) is 12.3 Å². The number of hydrogen-bond donors (Lipinski definition) is 0. The van der Waals surface area contributed by atoms with Gasteiger partial charge < -0.3 is 9.64 Å². The lowest BCUT2D eigenvalue weighted by Crippen LogP contribution is -2.41. The number of carbonyl (C=O) groups excluding carboxylic acids is 2. The lowest BCUT2D eigenvalue weighted by Gasteiger charge is -2.34. The zero-order chi connectivity index (χ0) is 19.1. The molecule has 2 fully saturated rings. The van der Waals surface area contributed by atoms with Crippen LogP contribution in [0.4, 0.5) is 0 Å². The van der Waals surface area contributed by atoms with E-state index in [1.165, 1.54) is 56.3 Å². The van der Waals surface area contributed by atoms with Gasteiger partial charge in [0.2, 0.25) is 5.91 Å². The molecular formula is C21H32N2O3S. The second-order valence-corrected chi connectivity index (χ2v) is 8.79. The Hall–Kier alpha value is -1.43. The highest BCUT2D eigenvalue weighted by molar-refractivity contribution is 7.09. The minimum Gasteiger partial charge on any atom is -0.461 e. The minimum atomic E-state index is -0.378. The monoisotopic (exact) mass is 392 g/mol. The lowest BCUT2D eigenvalue weighted by molar-refractivity contribution is -0.135. The molecule has 0 bridgehead atoms. The molecule has 150 valence electrons. The normalized spacial score (nSPS) is 18.6. The summed E-state index contributed by atoms with van der Waals surface area (Å²) < 4.78 is 5.03. The van der Waals surface area contributed by atoms with Crippen molar-refractivity contribution >= 4 is 23.2 Å². The van der Waals surface area contributed by atoms with Crippen molar-refractivity contribution in [3.8, 4) is 0 Å². The number of aromatic nitrogens is 1. The Morgan fingerprint density at radius 2 is 1.85 bits per heavy atom. The van der Waals surface area contributed by atoms with Crippen LogP contribution in [-0.2, 0) is 16.1 Å². The molecule has 0 spiro atoms. The van der Waals surface area contributed by atoms with Crippen LogP contribution in [0.25, 0.3) is 0 Å². The van der Waals surface area contributed by atoms with Crippen LogP contribution in [0.15, 0.2) is 5.38 Å². The van der Waals surface area contributed by atoms with Crippen LogP contribution < -0.4 is 0 Å². The second-order valence-electron chi connectivity index (χ2n) is 7.85. The van der Waals surface area contributed by atoms with Crippen molar-refractivity contribution in [1.29, 1.82) is 0 Å². The van der Waals surface area contributed by atoms with Crippen LogP contribution in [0.2, 0.25) is 0 Å². The number of nitrogens with zero attached hydrogens (tertiary/aromatic N) is 2. The van der Waals surface area contributed by atoms with Gasteiger partial charge in [0, 0.05) is 17.8 Å². The molecule has 0 N–H and O–H groups in total. The first-order chi connectivity index (χ1) is 13.2. The highest BCUT2D eigenvalue weighted by Crippen LogP contribution is 2.30. The number of thiazole rings is 1. The van der Waals surface area contributed by atoms with Gasteiger partial charge in [-0.2, -0.15) is 0 Å². The van der Waals surface area contributed by atoms with Crippen LogP contribution >= 0.6 is 11.3 Å². The molecule has 1 aromatic rings. The molecule has 2 aliphatic carbocycles. The van der Waals surface area contributed by atoms with Crippen molar-refractivity contribution in [2.45, 2.75) is 90.1 Å². The quantitative estimate of drug-likeness (QED) is 0.587. The highest BCUT2D eigenvalue weighted by Gasteiger charge is 2.27. The van der Waals surface area contributed by atoms with E-state index in [-0.39, 0.29) is 11.9 Å². The Bertz CT molecular complexity index is 619. The Balaban J connectivity index is 1.63. The first-order valence-electron chi connectivity index (χ1n) is 10.6. The van der Waals surface area contributed by atoms with Gasteiger partial charge >= 0.3 is 5.97 Å². The zero-order valence-electron chi connectivity index (χ0n) is 16.5. The number of esters is 1. The van der Waals surface area contributed by atoms with E-state index in [4.69, 9.17) is 4.74 Å². The van der Waals surface area contributed by atoms with Crippen molar-refractivity contribution in [2.75, 3.05) is 6.61 Å². The fourth-order valence-corrected chi connectivity index (χ4v) is 5.17. The molecule has 0 saturated heterocycles. The maximum atomic E-state index is 13.1. The summed E-state index contributed by atoms with van der Waals surface area (Å²) in [7, 11) is 0. The van der Waals surface area contributed by atoms with Gasteiger partial charge in [0.1, 0.15) is 5.01 Å². The van der Waals surface area contributed by atoms with Crippen LogP contribution in [0.1, 0.15) is 93.0 Å². The first kappa shape index (κ1) is 20.3. The molecule has 0 unspecified atom stereocenters. The topological polar surface area (TPSA) is 59.5 Å². The summed E-state index contributed by atoms with van der Waals surface area (Å²) in [6.45, 7) is 2.66. The molecule has 2 saturated carbocycles. The summed E-state index contributed by atoms with van der Waals surface area (Å²) in [5.41, 5.74) is 0.360. The summed E-state index contributed by atoms with van der Waals surface area (Å²) in [5.74, 6) is 0.621. The van der Waals surface area contributed by atoms with Crippen molar-refractivity contribution in [3.63, 3.8) is 0 Å². The molecule has 1 heterocycles. The van der Waals surface area contributed by atoms with Crippen LogP contribution in [-0.4, -0.2) is 34.4 Å². The third-order valence-electron chi connectivity index (χ3n) is 5.92. The average molecular weight is 393 g/mol. The SMILES string of the molecule is CCOC(=O)c1csc(CN(C(=O)CCC2CCCC2)C2CCCCC2)n1. The lowest BCUT2D eigenvalue weighted by atomic mass is 9.93. The largest absolute Gasteiger partial charge is 0.461 e. The molecule has 1 amide bonds. The molecule has 0 atom stereocenters. The van der Waals surface area contributed by atoms with E-state index in [2.05, 4.69) is 9.88 Å². The minimum absolute atomic E-state index is 0.265. The van der Waals surface area contributed by atoms with Crippen LogP contribution in [0, 0.1) is 5.92 Å². The average Bonchev–Trinajstić information content (AvgIpc) is 3.37. The van der Waals surface area contributed by atoms with E-state index >= 15 is 0 Å². The Morgan fingerprint density at radius 3 is 2.56 bits per heavy atom. The Kier molecular flexibility index (Phi) is 7.68. The summed E-state index contributed by atoms with van der Waals surface area (Å²) in [6, 6.07) is 0.324.